The van der Waals surface area contributed by atoms with Crippen LogP contribution in [-0.2, 0) is 5.41 Å². The molecule has 0 radical (unpaired) electrons. The van der Waals surface area contributed by atoms with E-state index in [9.17, 15) is 0 Å². The topological polar surface area (TPSA) is 4.93 Å². The second-order valence-electron chi connectivity index (χ2n) is 13.2. The van der Waals surface area contributed by atoms with Crippen molar-refractivity contribution < 1.29 is 0 Å². The first-order chi connectivity index (χ1) is 24.8. The summed E-state index contributed by atoms with van der Waals surface area (Å²) in [6.45, 7) is 0. The second kappa shape index (κ2) is 11.2. The fraction of sp³-hybridized carbons (Fsp3) is 0.0204. The normalized spacial score (nSPS) is 14.7. The Labute approximate surface area is 291 Å². The third-order valence-corrected chi connectivity index (χ3v) is 10.4. The Hall–Kier alpha value is -6.62. The van der Waals surface area contributed by atoms with E-state index in [4.69, 9.17) is 0 Å². The zero-order chi connectivity index (χ0) is 33.1. The van der Waals surface area contributed by atoms with Crippen LogP contribution in [0.5, 0.6) is 0 Å². The quantitative estimate of drug-likeness (QED) is 0.171. The van der Waals surface area contributed by atoms with Crippen molar-refractivity contribution in [3.8, 4) is 39.8 Å². The first kappa shape index (κ1) is 28.4. The second-order valence-corrected chi connectivity index (χ2v) is 13.2. The molecule has 1 aliphatic carbocycles. The van der Waals surface area contributed by atoms with E-state index in [-0.39, 0.29) is 0 Å². The number of rotatable bonds is 3. The molecular formula is C49H31N. The molecule has 0 amide bonds. The van der Waals surface area contributed by atoms with E-state index in [1.165, 1.54) is 66.0 Å². The van der Waals surface area contributed by atoms with Gasteiger partial charge in [0.25, 0.3) is 0 Å². The minimum atomic E-state index is -0.682. The van der Waals surface area contributed by atoms with Gasteiger partial charge in [-0.2, -0.15) is 0 Å². The minimum Gasteiger partial charge on any atom is -0.309 e. The summed E-state index contributed by atoms with van der Waals surface area (Å²) < 4.78 is 2.44. The van der Waals surface area contributed by atoms with E-state index < -0.39 is 5.41 Å². The van der Waals surface area contributed by atoms with Crippen molar-refractivity contribution in [2.24, 2.45) is 0 Å². The van der Waals surface area contributed by atoms with Crippen molar-refractivity contribution in [1.29, 1.82) is 0 Å². The minimum absolute atomic E-state index is 0.682. The molecule has 1 aliphatic rings. The molecule has 1 unspecified atom stereocenters. The van der Waals surface area contributed by atoms with Crippen LogP contribution in [-0.4, -0.2) is 4.57 Å². The van der Waals surface area contributed by atoms with Gasteiger partial charge in [-0.1, -0.05) is 157 Å². The van der Waals surface area contributed by atoms with Gasteiger partial charge in [-0.25, -0.2) is 0 Å². The molecular weight excluding hydrogens is 603 g/mol. The average molecular weight is 634 g/mol. The summed E-state index contributed by atoms with van der Waals surface area (Å²) in [7, 11) is 0. The molecule has 0 spiro atoms. The number of aromatic nitrogens is 1. The van der Waals surface area contributed by atoms with Crippen molar-refractivity contribution in [1.82, 2.24) is 4.57 Å². The highest BCUT2D eigenvalue weighted by Gasteiger charge is 2.44. The fourth-order valence-corrected chi connectivity index (χ4v) is 8.09. The molecule has 1 heteroatoms. The Bertz CT molecular complexity index is 2790. The lowest BCUT2D eigenvalue weighted by Crippen LogP contribution is -2.25. The molecule has 1 atom stereocenters. The van der Waals surface area contributed by atoms with Gasteiger partial charge in [-0.15, -0.1) is 0 Å². The summed E-state index contributed by atoms with van der Waals surface area (Å²) in [5.41, 5.74) is 12.3. The van der Waals surface area contributed by atoms with Crippen LogP contribution in [0.1, 0.15) is 22.3 Å². The standard InChI is InChI=1S/C49H31N/c1-3-13-34(14-4-1)29-30-49(39-25-23-36(24-26-39)35-15-5-2-6-16-35)45-21-11-9-19-41(45)42-28-27-40(33-46(42)49)50-47-22-12-10-20-43(47)44-31-37-17-7-8-18-38(37)32-48(44)50/h1-28,31-33H. The summed E-state index contributed by atoms with van der Waals surface area (Å²) in [6, 6.07) is 68.0. The Morgan fingerprint density at radius 1 is 0.420 bits per heavy atom. The van der Waals surface area contributed by atoms with Crippen LogP contribution in [0.3, 0.4) is 0 Å². The van der Waals surface area contributed by atoms with Crippen molar-refractivity contribution in [3.63, 3.8) is 0 Å². The predicted molar refractivity (Wildman–Crippen MR) is 209 cm³/mol. The summed E-state index contributed by atoms with van der Waals surface area (Å²) in [6.07, 6.45) is 0. The highest BCUT2D eigenvalue weighted by atomic mass is 15.0. The summed E-state index contributed by atoms with van der Waals surface area (Å²) >= 11 is 0. The van der Waals surface area contributed by atoms with Gasteiger partial charge in [0.1, 0.15) is 5.41 Å². The van der Waals surface area contributed by atoms with Crippen LogP contribution in [0, 0.1) is 11.8 Å². The highest BCUT2D eigenvalue weighted by Crippen LogP contribution is 2.53. The first-order valence-electron chi connectivity index (χ1n) is 17.2. The monoisotopic (exact) mass is 633 g/mol. The highest BCUT2D eigenvalue weighted by molar-refractivity contribution is 6.13. The lowest BCUT2D eigenvalue weighted by atomic mass is 9.72. The number of para-hydroxylation sites is 1. The molecule has 0 saturated heterocycles. The predicted octanol–water partition coefficient (Wildman–Crippen LogP) is 12.0. The number of fused-ring (bicyclic) bond motifs is 7. The van der Waals surface area contributed by atoms with Crippen LogP contribution in [0.15, 0.2) is 188 Å². The SMILES string of the molecule is C(#CC1(c2ccc(-c3ccccc3)cc2)c2ccccc2-c2ccc(-n3c4ccccc4c4cc5ccccc5cc43)cc21)c1ccccc1. The molecule has 232 valence electrons. The molecule has 0 bridgehead atoms. The lowest BCUT2D eigenvalue weighted by Gasteiger charge is -2.28. The molecule has 1 heterocycles. The Balaban J connectivity index is 1.26. The molecule has 50 heavy (non-hydrogen) atoms. The first-order valence-corrected chi connectivity index (χ1v) is 17.2. The molecule has 0 N–H and O–H groups in total. The largest absolute Gasteiger partial charge is 0.309 e. The number of hydrogen-bond acceptors (Lipinski definition) is 0. The van der Waals surface area contributed by atoms with Gasteiger partial charge in [-0.3, -0.25) is 0 Å². The number of nitrogens with zero attached hydrogens (tertiary/aromatic N) is 1. The van der Waals surface area contributed by atoms with E-state index in [2.05, 4.69) is 198 Å². The van der Waals surface area contributed by atoms with Crippen LogP contribution in [0.4, 0.5) is 0 Å². The summed E-state index contributed by atoms with van der Waals surface area (Å²) in [5.74, 6) is 7.54. The maximum atomic E-state index is 3.91. The Morgan fingerprint density at radius 3 is 1.88 bits per heavy atom. The maximum Gasteiger partial charge on any atom is 0.108 e. The number of benzene rings is 8. The van der Waals surface area contributed by atoms with Crippen molar-refractivity contribution in [2.45, 2.75) is 5.41 Å². The van der Waals surface area contributed by atoms with Crippen LogP contribution in [0.2, 0.25) is 0 Å². The summed E-state index contributed by atoms with van der Waals surface area (Å²) in [4.78, 5) is 0. The molecule has 1 nitrogen and oxygen atoms in total. The third kappa shape index (κ3) is 4.29. The average Bonchev–Trinajstić information content (AvgIpc) is 3.66. The smallest absolute Gasteiger partial charge is 0.108 e. The van der Waals surface area contributed by atoms with Gasteiger partial charge in [0.15, 0.2) is 0 Å². The van der Waals surface area contributed by atoms with Gasteiger partial charge in [0.05, 0.1) is 11.0 Å². The maximum absolute atomic E-state index is 3.91. The molecule has 9 aromatic rings. The molecule has 0 saturated carbocycles. The van der Waals surface area contributed by atoms with Crippen LogP contribution >= 0.6 is 0 Å². The van der Waals surface area contributed by atoms with E-state index >= 15 is 0 Å². The van der Waals surface area contributed by atoms with E-state index in [1.807, 2.05) is 6.07 Å². The zero-order valence-corrected chi connectivity index (χ0v) is 27.3. The van der Waals surface area contributed by atoms with Crippen LogP contribution < -0.4 is 0 Å². The number of hydrogen-bond donors (Lipinski definition) is 0. The van der Waals surface area contributed by atoms with E-state index in [0.29, 0.717) is 0 Å². The van der Waals surface area contributed by atoms with Crippen molar-refractivity contribution in [3.05, 3.63) is 210 Å². The Kier molecular flexibility index (Phi) is 6.38. The molecule has 8 aromatic carbocycles. The molecule has 0 fully saturated rings. The van der Waals surface area contributed by atoms with Crippen molar-refractivity contribution >= 4 is 32.6 Å². The van der Waals surface area contributed by atoms with E-state index in [0.717, 1.165) is 16.8 Å². The van der Waals surface area contributed by atoms with Gasteiger partial charge in [-0.05, 0) is 92.2 Å². The van der Waals surface area contributed by atoms with Gasteiger partial charge < -0.3 is 4.57 Å². The molecule has 1 aromatic heterocycles. The van der Waals surface area contributed by atoms with Crippen LogP contribution in [0.25, 0.3) is 60.5 Å². The van der Waals surface area contributed by atoms with Crippen molar-refractivity contribution in [2.75, 3.05) is 0 Å². The van der Waals surface area contributed by atoms with Gasteiger partial charge in [0, 0.05) is 22.0 Å². The Morgan fingerprint density at radius 2 is 1.06 bits per heavy atom. The molecule has 10 rings (SSSR count). The summed E-state index contributed by atoms with van der Waals surface area (Å²) in [5, 5.41) is 5.00. The third-order valence-electron chi connectivity index (χ3n) is 10.4. The fourth-order valence-electron chi connectivity index (χ4n) is 8.09. The zero-order valence-electron chi connectivity index (χ0n) is 27.3. The lowest BCUT2D eigenvalue weighted by molar-refractivity contribution is 0.835. The molecule has 0 aliphatic heterocycles. The van der Waals surface area contributed by atoms with Gasteiger partial charge >= 0.3 is 0 Å². The van der Waals surface area contributed by atoms with Gasteiger partial charge in [0.2, 0.25) is 0 Å². The van der Waals surface area contributed by atoms with E-state index in [1.54, 1.807) is 0 Å².